The molecule has 1 aliphatic heterocycles. The first-order chi connectivity index (χ1) is 9.86. The minimum atomic E-state index is 0.549. The van der Waals surface area contributed by atoms with Gasteiger partial charge in [-0.3, -0.25) is 0 Å². The molecule has 2 aliphatic rings. The number of hydrogen-bond acceptors (Lipinski definition) is 2. The fourth-order valence-corrected chi connectivity index (χ4v) is 3.93. The molecule has 2 atom stereocenters. The summed E-state index contributed by atoms with van der Waals surface area (Å²) in [5.41, 5.74) is 3.13. The Labute approximate surface area is 122 Å². The molecule has 20 heavy (non-hydrogen) atoms. The molecule has 0 aromatic heterocycles. The van der Waals surface area contributed by atoms with Crippen LogP contribution in [0.15, 0.2) is 24.3 Å². The molecule has 2 heteroatoms. The van der Waals surface area contributed by atoms with Gasteiger partial charge in [-0.05, 0) is 69.0 Å². The predicted octanol–water partition coefficient (Wildman–Crippen LogP) is 3.34. The second-order valence-corrected chi connectivity index (χ2v) is 6.40. The Balaban J connectivity index is 1.48. The van der Waals surface area contributed by atoms with E-state index in [0.717, 1.165) is 12.5 Å². The molecule has 1 saturated heterocycles. The third kappa shape index (κ3) is 3.24. The molecule has 0 saturated carbocycles. The second-order valence-electron chi connectivity index (χ2n) is 6.40. The number of rotatable bonds is 6. The van der Waals surface area contributed by atoms with Gasteiger partial charge in [-0.2, -0.15) is 0 Å². The van der Waals surface area contributed by atoms with Gasteiger partial charge in [0, 0.05) is 12.6 Å². The summed E-state index contributed by atoms with van der Waals surface area (Å²) in [4.78, 5) is 0. The van der Waals surface area contributed by atoms with Crippen molar-refractivity contribution in [2.45, 2.75) is 57.1 Å². The van der Waals surface area contributed by atoms with Crippen molar-refractivity contribution in [1.82, 2.24) is 5.32 Å². The standard InChI is InChI=1S/C18H27NO/c1-19-18(10-4-8-17-9-5-11-20-17)16-12-14-6-2-3-7-15(14)13-16/h2-3,6-7,16-19H,4-5,8-13H2,1H3. The summed E-state index contributed by atoms with van der Waals surface area (Å²) in [6, 6.07) is 9.60. The lowest BCUT2D eigenvalue weighted by atomic mass is 9.92. The fraction of sp³-hybridized carbons (Fsp3) is 0.667. The van der Waals surface area contributed by atoms with E-state index in [0.29, 0.717) is 12.1 Å². The largest absolute Gasteiger partial charge is 0.378 e. The highest BCUT2D eigenvalue weighted by Crippen LogP contribution is 2.30. The molecule has 0 amide bonds. The molecule has 1 aromatic rings. The maximum absolute atomic E-state index is 5.72. The Morgan fingerprint density at radius 1 is 1.25 bits per heavy atom. The van der Waals surface area contributed by atoms with E-state index >= 15 is 0 Å². The zero-order chi connectivity index (χ0) is 13.8. The summed E-state index contributed by atoms with van der Waals surface area (Å²) in [5.74, 6) is 0.780. The maximum atomic E-state index is 5.72. The Bertz CT molecular complexity index is 400. The number of benzene rings is 1. The highest BCUT2D eigenvalue weighted by molar-refractivity contribution is 5.32. The summed E-state index contributed by atoms with van der Waals surface area (Å²) in [6.45, 7) is 0.984. The van der Waals surface area contributed by atoms with E-state index in [4.69, 9.17) is 4.74 Å². The number of ether oxygens (including phenoxy) is 1. The van der Waals surface area contributed by atoms with Crippen LogP contribution in [-0.2, 0) is 17.6 Å². The van der Waals surface area contributed by atoms with Gasteiger partial charge >= 0.3 is 0 Å². The van der Waals surface area contributed by atoms with Gasteiger partial charge in [-0.25, -0.2) is 0 Å². The van der Waals surface area contributed by atoms with Crippen LogP contribution in [0.3, 0.4) is 0 Å². The third-order valence-corrected chi connectivity index (χ3v) is 5.09. The van der Waals surface area contributed by atoms with Crippen molar-refractivity contribution in [2.24, 2.45) is 5.92 Å². The minimum absolute atomic E-state index is 0.549. The van der Waals surface area contributed by atoms with Crippen LogP contribution in [0.4, 0.5) is 0 Å². The quantitative estimate of drug-likeness (QED) is 0.858. The van der Waals surface area contributed by atoms with Crippen LogP contribution >= 0.6 is 0 Å². The summed E-state index contributed by atoms with van der Waals surface area (Å²) in [7, 11) is 2.12. The SMILES string of the molecule is CNC(CCCC1CCCO1)C1Cc2ccccc2C1. The van der Waals surface area contributed by atoms with Crippen LogP contribution in [0.25, 0.3) is 0 Å². The zero-order valence-electron chi connectivity index (χ0n) is 12.6. The summed E-state index contributed by atoms with van der Waals surface area (Å²) < 4.78 is 5.72. The molecule has 2 unspecified atom stereocenters. The van der Waals surface area contributed by atoms with E-state index in [2.05, 4.69) is 36.6 Å². The first-order valence-electron chi connectivity index (χ1n) is 8.22. The molecule has 3 rings (SSSR count). The maximum Gasteiger partial charge on any atom is 0.0576 e. The van der Waals surface area contributed by atoms with Crippen molar-refractivity contribution in [1.29, 1.82) is 0 Å². The van der Waals surface area contributed by atoms with Crippen LogP contribution in [0.5, 0.6) is 0 Å². The number of fused-ring (bicyclic) bond motifs is 1. The van der Waals surface area contributed by atoms with E-state index in [9.17, 15) is 0 Å². The normalized spacial score (nSPS) is 23.9. The molecular formula is C18H27NO. The van der Waals surface area contributed by atoms with E-state index < -0.39 is 0 Å². The van der Waals surface area contributed by atoms with Crippen LogP contribution in [0, 0.1) is 5.92 Å². The van der Waals surface area contributed by atoms with E-state index in [1.807, 2.05) is 0 Å². The average molecular weight is 273 g/mol. The Morgan fingerprint density at radius 3 is 2.60 bits per heavy atom. The lowest BCUT2D eigenvalue weighted by Crippen LogP contribution is -2.34. The van der Waals surface area contributed by atoms with Crippen molar-refractivity contribution in [3.63, 3.8) is 0 Å². The fourth-order valence-electron chi connectivity index (χ4n) is 3.93. The van der Waals surface area contributed by atoms with E-state index in [-0.39, 0.29) is 0 Å². The average Bonchev–Trinajstić information content (AvgIpc) is 3.12. The Kier molecular flexibility index (Phi) is 4.74. The van der Waals surface area contributed by atoms with Gasteiger partial charge in [0.15, 0.2) is 0 Å². The minimum Gasteiger partial charge on any atom is -0.378 e. The molecule has 110 valence electrons. The smallest absolute Gasteiger partial charge is 0.0576 e. The molecule has 1 N–H and O–H groups in total. The van der Waals surface area contributed by atoms with Gasteiger partial charge in [-0.15, -0.1) is 0 Å². The lowest BCUT2D eigenvalue weighted by Gasteiger charge is -2.23. The molecule has 2 nitrogen and oxygen atoms in total. The van der Waals surface area contributed by atoms with Gasteiger partial charge in [-0.1, -0.05) is 24.3 Å². The number of nitrogens with one attached hydrogen (secondary N) is 1. The monoisotopic (exact) mass is 273 g/mol. The molecule has 1 fully saturated rings. The van der Waals surface area contributed by atoms with E-state index in [1.54, 1.807) is 11.1 Å². The van der Waals surface area contributed by atoms with Crippen LogP contribution in [0.2, 0.25) is 0 Å². The molecule has 0 bridgehead atoms. The molecule has 0 radical (unpaired) electrons. The Morgan fingerprint density at radius 2 is 2.00 bits per heavy atom. The van der Waals surface area contributed by atoms with Crippen molar-refractivity contribution in [3.05, 3.63) is 35.4 Å². The zero-order valence-corrected chi connectivity index (χ0v) is 12.6. The molecule has 1 aromatic carbocycles. The van der Waals surface area contributed by atoms with Crippen LogP contribution in [0.1, 0.15) is 43.2 Å². The first-order valence-corrected chi connectivity index (χ1v) is 8.22. The third-order valence-electron chi connectivity index (χ3n) is 5.09. The van der Waals surface area contributed by atoms with Gasteiger partial charge < -0.3 is 10.1 Å². The summed E-state index contributed by atoms with van der Waals surface area (Å²) >= 11 is 0. The van der Waals surface area contributed by atoms with Crippen LogP contribution in [-0.4, -0.2) is 25.8 Å². The molecule has 1 heterocycles. The highest BCUT2D eigenvalue weighted by atomic mass is 16.5. The van der Waals surface area contributed by atoms with Gasteiger partial charge in [0.05, 0.1) is 6.10 Å². The van der Waals surface area contributed by atoms with Gasteiger partial charge in [0.1, 0.15) is 0 Å². The second kappa shape index (κ2) is 6.73. The van der Waals surface area contributed by atoms with Crippen molar-refractivity contribution in [2.75, 3.05) is 13.7 Å². The van der Waals surface area contributed by atoms with Crippen molar-refractivity contribution in [3.8, 4) is 0 Å². The highest BCUT2D eigenvalue weighted by Gasteiger charge is 2.27. The summed E-state index contributed by atoms with van der Waals surface area (Å²) in [6.07, 6.45) is 9.42. The van der Waals surface area contributed by atoms with Gasteiger partial charge in [0.25, 0.3) is 0 Å². The summed E-state index contributed by atoms with van der Waals surface area (Å²) in [5, 5.41) is 3.56. The van der Waals surface area contributed by atoms with Crippen molar-refractivity contribution >= 4 is 0 Å². The molecule has 0 spiro atoms. The lowest BCUT2D eigenvalue weighted by molar-refractivity contribution is 0.101. The topological polar surface area (TPSA) is 21.3 Å². The van der Waals surface area contributed by atoms with Crippen LogP contribution < -0.4 is 5.32 Å². The van der Waals surface area contributed by atoms with Crippen molar-refractivity contribution < 1.29 is 4.74 Å². The predicted molar refractivity (Wildman–Crippen MR) is 83.0 cm³/mol. The molecule has 1 aliphatic carbocycles. The first kappa shape index (κ1) is 14.1. The number of hydrogen-bond donors (Lipinski definition) is 1. The molecular weight excluding hydrogens is 246 g/mol. The Hall–Kier alpha value is -0.860. The van der Waals surface area contributed by atoms with Gasteiger partial charge in [0.2, 0.25) is 0 Å². The van der Waals surface area contributed by atoms with E-state index in [1.165, 1.54) is 44.9 Å².